The second kappa shape index (κ2) is 7.69. The number of amides is 1. The number of carbonyl (C=O) groups excluding carboxylic acids is 2. The lowest BCUT2D eigenvalue weighted by molar-refractivity contribution is -0.142. The molecular formula is C14H22N2O4. The Bertz CT molecular complexity index is 456. The van der Waals surface area contributed by atoms with E-state index in [0.29, 0.717) is 13.1 Å². The Morgan fingerprint density at radius 3 is 2.50 bits per heavy atom. The van der Waals surface area contributed by atoms with Gasteiger partial charge in [0.2, 0.25) is 5.91 Å². The molecule has 20 heavy (non-hydrogen) atoms. The summed E-state index contributed by atoms with van der Waals surface area (Å²) in [4.78, 5) is 26.6. The van der Waals surface area contributed by atoms with Crippen LogP contribution in [0, 0.1) is 6.92 Å². The summed E-state index contributed by atoms with van der Waals surface area (Å²) < 4.78 is 10.0. The normalized spacial score (nSPS) is 10.7. The van der Waals surface area contributed by atoms with Gasteiger partial charge in [0.05, 0.1) is 26.7 Å². The van der Waals surface area contributed by atoms with Crippen LogP contribution in [0.2, 0.25) is 0 Å². The van der Waals surface area contributed by atoms with Crippen LogP contribution in [0.4, 0.5) is 0 Å². The Morgan fingerprint density at radius 1 is 1.30 bits per heavy atom. The van der Waals surface area contributed by atoms with Crippen molar-refractivity contribution in [1.29, 1.82) is 0 Å². The van der Waals surface area contributed by atoms with Crippen molar-refractivity contribution in [3.63, 3.8) is 0 Å². The minimum Gasteiger partial charge on any atom is -0.468 e. The van der Waals surface area contributed by atoms with Crippen LogP contribution in [-0.4, -0.2) is 55.5 Å². The van der Waals surface area contributed by atoms with Crippen LogP contribution in [0.3, 0.4) is 0 Å². The highest BCUT2D eigenvalue weighted by atomic mass is 16.5. The van der Waals surface area contributed by atoms with E-state index in [0.717, 1.165) is 11.5 Å². The number of aryl methyl sites for hydroxylation is 1. The average molecular weight is 282 g/mol. The molecule has 0 aliphatic heterocycles. The summed E-state index contributed by atoms with van der Waals surface area (Å²) in [5.41, 5.74) is 0. The topological polar surface area (TPSA) is 63.0 Å². The predicted octanol–water partition coefficient (Wildman–Crippen LogP) is 1.04. The van der Waals surface area contributed by atoms with E-state index in [2.05, 4.69) is 4.74 Å². The van der Waals surface area contributed by atoms with Crippen LogP contribution < -0.4 is 0 Å². The summed E-state index contributed by atoms with van der Waals surface area (Å²) in [6.07, 6.45) is 0. The highest BCUT2D eigenvalue weighted by molar-refractivity contribution is 5.79. The molecule has 0 aliphatic carbocycles. The fourth-order valence-corrected chi connectivity index (χ4v) is 1.73. The predicted molar refractivity (Wildman–Crippen MR) is 74.0 cm³/mol. The van der Waals surface area contributed by atoms with Gasteiger partial charge in [-0.3, -0.25) is 14.5 Å². The molecule has 0 N–H and O–H groups in total. The summed E-state index contributed by atoms with van der Waals surface area (Å²) >= 11 is 0. The zero-order valence-electron chi connectivity index (χ0n) is 12.5. The van der Waals surface area contributed by atoms with Crippen LogP contribution in [0.1, 0.15) is 18.4 Å². The van der Waals surface area contributed by atoms with Crippen LogP contribution in [0.5, 0.6) is 0 Å². The van der Waals surface area contributed by atoms with Gasteiger partial charge < -0.3 is 14.1 Å². The van der Waals surface area contributed by atoms with Crippen molar-refractivity contribution in [2.75, 3.05) is 33.8 Å². The number of methoxy groups -OCH3 is 1. The zero-order valence-corrected chi connectivity index (χ0v) is 12.5. The van der Waals surface area contributed by atoms with E-state index >= 15 is 0 Å². The fourth-order valence-electron chi connectivity index (χ4n) is 1.73. The Balaban J connectivity index is 2.49. The Hall–Kier alpha value is -1.82. The van der Waals surface area contributed by atoms with Gasteiger partial charge in [-0.05, 0) is 25.6 Å². The molecule has 0 bridgehead atoms. The molecule has 0 saturated carbocycles. The van der Waals surface area contributed by atoms with E-state index in [1.54, 1.807) is 16.8 Å². The fraction of sp³-hybridized carbons (Fsp3) is 0.571. The second-order valence-electron chi connectivity index (χ2n) is 4.64. The molecule has 0 aromatic carbocycles. The molecule has 1 rings (SSSR count). The lowest BCUT2D eigenvalue weighted by atomic mass is 10.3. The minimum atomic E-state index is -0.344. The first kappa shape index (κ1) is 16.2. The van der Waals surface area contributed by atoms with Crippen LogP contribution in [0.25, 0.3) is 0 Å². The Labute approximate surface area is 119 Å². The van der Waals surface area contributed by atoms with Crippen molar-refractivity contribution >= 4 is 11.9 Å². The minimum absolute atomic E-state index is 0.0650. The summed E-state index contributed by atoms with van der Waals surface area (Å²) in [5, 5.41) is 0. The Morgan fingerprint density at radius 2 is 2.00 bits per heavy atom. The molecule has 0 aliphatic rings. The molecule has 112 valence electrons. The monoisotopic (exact) mass is 282 g/mol. The third kappa shape index (κ3) is 5.05. The highest BCUT2D eigenvalue weighted by Gasteiger charge is 2.17. The maximum absolute atomic E-state index is 12.1. The first-order valence-electron chi connectivity index (χ1n) is 6.54. The van der Waals surface area contributed by atoms with Crippen molar-refractivity contribution in [3.05, 3.63) is 23.7 Å². The van der Waals surface area contributed by atoms with Crippen LogP contribution in [-0.2, 0) is 20.9 Å². The van der Waals surface area contributed by atoms with Crippen LogP contribution >= 0.6 is 0 Å². The van der Waals surface area contributed by atoms with Crippen LogP contribution in [0.15, 0.2) is 16.5 Å². The molecule has 0 saturated heterocycles. The number of ether oxygens (including phenoxy) is 1. The average Bonchev–Trinajstić information content (AvgIpc) is 2.82. The number of hydrogen-bond donors (Lipinski definition) is 0. The summed E-state index contributed by atoms with van der Waals surface area (Å²) in [6, 6.07) is 3.72. The number of carbonyl (C=O) groups is 2. The first-order valence-corrected chi connectivity index (χ1v) is 6.54. The molecule has 1 heterocycles. The smallest absolute Gasteiger partial charge is 0.319 e. The maximum atomic E-state index is 12.1. The van der Waals surface area contributed by atoms with E-state index in [4.69, 9.17) is 4.42 Å². The van der Waals surface area contributed by atoms with E-state index in [-0.39, 0.29) is 25.0 Å². The van der Waals surface area contributed by atoms with Gasteiger partial charge in [-0.2, -0.15) is 0 Å². The van der Waals surface area contributed by atoms with Gasteiger partial charge in [-0.25, -0.2) is 0 Å². The molecular weight excluding hydrogens is 260 g/mol. The van der Waals surface area contributed by atoms with Gasteiger partial charge in [0.25, 0.3) is 0 Å². The van der Waals surface area contributed by atoms with E-state index in [9.17, 15) is 9.59 Å². The molecule has 0 atom stereocenters. The largest absolute Gasteiger partial charge is 0.468 e. The summed E-state index contributed by atoms with van der Waals surface area (Å²) in [7, 11) is 3.05. The number of esters is 1. The number of nitrogens with zero attached hydrogens (tertiary/aromatic N) is 2. The molecule has 6 heteroatoms. The SMILES string of the molecule is CCN(CC(=O)OC)CC(=O)N(C)Cc1ccc(C)o1. The number of likely N-dealkylation sites (N-methyl/N-ethyl adjacent to an activating group) is 2. The lowest BCUT2D eigenvalue weighted by Crippen LogP contribution is -2.40. The number of furan rings is 1. The van der Waals surface area contributed by atoms with E-state index in [1.165, 1.54) is 7.11 Å². The van der Waals surface area contributed by atoms with Crippen molar-refractivity contribution in [2.45, 2.75) is 20.4 Å². The highest BCUT2D eigenvalue weighted by Crippen LogP contribution is 2.08. The standard InChI is InChI=1S/C14H22N2O4/c1-5-16(10-14(18)19-4)9-13(17)15(3)8-12-7-6-11(2)20-12/h6-7H,5,8-10H2,1-4H3. The van der Waals surface area contributed by atoms with Crippen molar-refractivity contribution in [2.24, 2.45) is 0 Å². The molecule has 6 nitrogen and oxygen atoms in total. The first-order chi connectivity index (χ1) is 9.46. The quantitative estimate of drug-likeness (QED) is 0.699. The van der Waals surface area contributed by atoms with Gasteiger partial charge in [0.1, 0.15) is 11.5 Å². The van der Waals surface area contributed by atoms with E-state index in [1.807, 2.05) is 26.0 Å². The number of hydrogen-bond acceptors (Lipinski definition) is 5. The summed E-state index contributed by atoms with van der Waals surface area (Å²) in [5.74, 6) is 1.16. The molecule has 0 fully saturated rings. The molecule has 1 aromatic rings. The molecule has 1 aromatic heterocycles. The zero-order chi connectivity index (χ0) is 15.1. The van der Waals surface area contributed by atoms with Gasteiger partial charge in [0.15, 0.2) is 0 Å². The molecule has 0 radical (unpaired) electrons. The third-order valence-electron chi connectivity index (χ3n) is 3.00. The van der Waals surface area contributed by atoms with Gasteiger partial charge in [-0.1, -0.05) is 6.92 Å². The number of rotatable bonds is 7. The molecule has 0 spiro atoms. The van der Waals surface area contributed by atoms with E-state index < -0.39 is 0 Å². The summed E-state index contributed by atoms with van der Waals surface area (Å²) in [6.45, 7) is 5.08. The van der Waals surface area contributed by atoms with Crippen molar-refractivity contribution in [1.82, 2.24) is 9.80 Å². The van der Waals surface area contributed by atoms with Gasteiger partial charge in [-0.15, -0.1) is 0 Å². The van der Waals surface area contributed by atoms with Gasteiger partial charge in [0, 0.05) is 7.05 Å². The lowest BCUT2D eigenvalue weighted by Gasteiger charge is -2.22. The second-order valence-corrected chi connectivity index (χ2v) is 4.64. The Kier molecular flexibility index (Phi) is 6.24. The maximum Gasteiger partial charge on any atom is 0.319 e. The third-order valence-corrected chi connectivity index (χ3v) is 3.00. The molecule has 0 unspecified atom stereocenters. The molecule has 1 amide bonds. The van der Waals surface area contributed by atoms with Gasteiger partial charge >= 0.3 is 5.97 Å². The van der Waals surface area contributed by atoms with Crippen molar-refractivity contribution < 1.29 is 18.7 Å². The van der Waals surface area contributed by atoms with Crippen molar-refractivity contribution in [3.8, 4) is 0 Å².